The first-order valence-corrected chi connectivity index (χ1v) is 6.05. The minimum atomic E-state index is -0.734. The number of nitrogen functional groups attached to an aromatic ring is 1. The molecular weight excluding hydrogens is 270 g/mol. The van der Waals surface area contributed by atoms with Crippen molar-refractivity contribution in [1.82, 2.24) is 10.6 Å². The van der Waals surface area contributed by atoms with Crippen molar-refractivity contribution < 1.29 is 14.4 Å². The smallest absolute Gasteiger partial charge is 0.253 e. The van der Waals surface area contributed by atoms with Crippen LogP contribution in [0.2, 0.25) is 5.02 Å². The molecule has 0 radical (unpaired) electrons. The quantitative estimate of drug-likeness (QED) is 0.541. The number of imide groups is 1. The summed E-state index contributed by atoms with van der Waals surface area (Å²) in [6, 6.07) is 3.95. The van der Waals surface area contributed by atoms with E-state index in [9.17, 15) is 14.4 Å². The molecule has 1 unspecified atom stereocenters. The summed E-state index contributed by atoms with van der Waals surface area (Å²) in [5, 5.41) is 4.84. The van der Waals surface area contributed by atoms with Crippen LogP contribution in [-0.4, -0.2) is 23.8 Å². The predicted molar refractivity (Wildman–Crippen MR) is 69.5 cm³/mol. The predicted octanol–water partition coefficient (Wildman–Crippen LogP) is 0.457. The van der Waals surface area contributed by atoms with Gasteiger partial charge >= 0.3 is 0 Å². The zero-order valence-corrected chi connectivity index (χ0v) is 10.7. The van der Waals surface area contributed by atoms with E-state index in [2.05, 4.69) is 10.6 Å². The Hall–Kier alpha value is -2.08. The molecule has 1 heterocycles. The molecule has 0 aliphatic carbocycles. The van der Waals surface area contributed by atoms with Gasteiger partial charge in [0.1, 0.15) is 6.04 Å². The van der Waals surface area contributed by atoms with Gasteiger partial charge in [-0.25, -0.2) is 0 Å². The van der Waals surface area contributed by atoms with E-state index in [0.717, 1.165) is 0 Å². The molecule has 4 N–H and O–H groups in total. The fourth-order valence-corrected chi connectivity index (χ4v) is 2.00. The number of piperidine rings is 1. The molecule has 1 aromatic carbocycles. The lowest BCUT2D eigenvalue weighted by molar-refractivity contribution is -0.134. The second kappa shape index (κ2) is 5.27. The van der Waals surface area contributed by atoms with Crippen LogP contribution in [0.25, 0.3) is 0 Å². The number of benzene rings is 1. The van der Waals surface area contributed by atoms with Crippen LogP contribution in [0, 0.1) is 0 Å². The molecule has 1 saturated heterocycles. The van der Waals surface area contributed by atoms with Crippen molar-refractivity contribution in [1.29, 1.82) is 0 Å². The molecule has 1 fully saturated rings. The Morgan fingerprint density at radius 3 is 2.84 bits per heavy atom. The third-order valence-electron chi connectivity index (χ3n) is 2.82. The standard InChI is InChI=1S/C12H12ClN3O3/c13-10-6(2-1-3-7(10)14)11(18)15-8-4-5-9(17)16-12(8)19/h1-3,8H,4-5,14H2,(H,15,18)(H,16,17,19). The Labute approximate surface area is 114 Å². The first-order chi connectivity index (χ1) is 8.99. The Bertz CT molecular complexity index is 559. The molecule has 2 rings (SSSR count). The maximum atomic E-state index is 12.0. The second-order valence-corrected chi connectivity index (χ2v) is 4.56. The summed E-state index contributed by atoms with van der Waals surface area (Å²) < 4.78 is 0. The number of carbonyl (C=O) groups is 3. The molecule has 3 amide bonds. The molecule has 19 heavy (non-hydrogen) atoms. The van der Waals surface area contributed by atoms with Crippen molar-refractivity contribution in [3.63, 3.8) is 0 Å². The zero-order valence-electron chi connectivity index (χ0n) is 9.90. The number of anilines is 1. The van der Waals surface area contributed by atoms with Gasteiger partial charge in [-0.2, -0.15) is 0 Å². The van der Waals surface area contributed by atoms with Gasteiger partial charge in [0.15, 0.2) is 0 Å². The molecule has 0 aromatic heterocycles. The largest absolute Gasteiger partial charge is 0.398 e. The van der Waals surface area contributed by atoms with E-state index in [-0.39, 0.29) is 35.0 Å². The van der Waals surface area contributed by atoms with Crippen LogP contribution >= 0.6 is 11.6 Å². The third-order valence-corrected chi connectivity index (χ3v) is 3.24. The highest BCUT2D eigenvalue weighted by Crippen LogP contribution is 2.23. The van der Waals surface area contributed by atoms with Gasteiger partial charge in [0, 0.05) is 6.42 Å². The summed E-state index contributed by atoms with van der Waals surface area (Å²) in [5.74, 6) is -1.34. The van der Waals surface area contributed by atoms with E-state index in [1.54, 1.807) is 12.1 Å². The molecule has 1 aromatic rings. The summed E-state index contributed by atoms with van der Waals surface area (Å²) in [6.07, 6.45) is 0.470. The number of hydrogen-bond donors (Lipinski definition) is 3. The molecule has 0 saturated carbocycles. The van der Waals surface area contributed by atoms with Crippen molar-refractivity contribution in [2.24, 2.45) is 0 Å². The molecular formula is C12H12ClN3O3. The lowest BCUT2D eigenvalue weighted by atomic mass is 10.1. The maximum Gasteiger partial charge on any atom is 0.253 e. The average molecular weight is 282 g/mol. The minimum absolute atomic E-state index is 0.146. The van der Waals surface area contributed by atoms with E-state index in [1.807, 2.05) is 0 Å². The Balaban J connectivity index is 2.11. The van der Waals surface area contributed by atoms with Crippen LogP contribution in [0.1, 0.15) is 23.2 Å². The molecule has 6 nitrogen and oxygen atoms in total. The van der Waals surface area contributed by atoms with Crippen molar-refractivity contribution in [3.05, 3.63) is 28.8 Å². The fraction of sp³-hybridized carbons (Fsp3) is 0.250. The highest BCUT2D eigenvalue weighted by molar-refractivity contribution is 6.36. The highest BCUT2D eigenvalue weighted by Gasteiger charge is 2.28. The number of rotatable bonds is 2. The van der Waals surface area contributed by atoms with Gasteiger partial charge in [-0.3, -0.25) is 19.7 Å². The Morgan fingerprint density at radius 1 is 1.42 bits per heavy atom. The summed E-state index contributed by atoms with van der Waals surface area (Å²) in [5.41, 5.74) is 6.09. The minimum Gasteiger partial charge on any atom is -0.398 e. The zero-order chi connectivity index (χ0) is 14.0. The van der Waals surface area contributed by atoms with Crippen LogP contribution < -0.4 is 16.4 Å². The van der Waals surface area contributed by atoms with Crippen LogP contribution in [0.5, 0.6) is 0 Å². The van der Waals surface area contributed by atoms with Gasteiger partial charge in [0.25, 0.3) is 5.91 Å². The van der Waals surface area contributed by atoms with E-state index < -0.39 is 17.9 Å². The SMILES string of the molecule is Nc1cccc(C(=O)NC2CCC(=O)NC2=O)c1Cl. The van der Waals surface area contributed by atoms with Gasteiger partial charge in [-0.05, 0) is 18.6 Å². The Morgan fingerprint density at radius 2 is 2.16 bits per heavy atom. The third kappa shape index (κ3) is 2.85. The van der Waals surface area contributed by atoms with Crippen molar-refractivity contribution in [2.45, 2.75) is 18.9 Å². The number of nitrogens with two attached hydrogens (primary N) is 1. The molecule has 1 atom stereocenters. The van der Waals surface area contributed by atoms with Crippen LogP contribution in [0.3, 0.4) is 0 Å². The molecule has 7 heteroatoms. The number of carbonyl (C=O) groups excluding carboxylic acids is 3. The van der Waals surface area contributed by atoms with E-state index in [0.29, 0.717) is 0 Å². The number of amides is 3. The van der Waals surface area contributed by atoms with Crippen LogP contribution in [0.4, 0.5) is 5.69 Å². The molecule has 100 valence electrons. The summed E-state index contributed by atoms with van der Waals surface area (Å²) in [7, 11) is 0. The fourth-order valence-electron chi connectivity index (χ4n) is 1.79. The van der Waals surface area contributed by atoms with Crippen molar-refractivity contribution in [3.8, 4) is 0 Å². The maximum absolute atomic E-state index is 12.0. The van der Waals surface area contributed by atoms with Gasteiger partial charge < -0.3 is 11.1 Å². The highest BCUT2D eigenvalue weighted by atomic mass is 35.5. The van der Waals surface area contributed by atoms with Crippen molar-refractivity contribution >= 4 is 35.0 Å². The normalized spacial score (nSPS) is 18.9. The van der Waals surface area contributed by atoms with Gasteiger partial charge in [0.2, 0.25) is 11.8 Å². The van der Waals surface area contributed by atoms with Crippen LogP contribution in [0.15, 0.2) is 18.2 Å². The van der Waals surface area contributed by atoms with E-state index in [4.69, 9.17) is 17.3 Å². The first kappa shape index (κ1) is 13.4. The Kier molecular flexibility index (Phi) is 3.71. The van der Waals surface area contributed by atoms with Gasteiger partial charge in [0.05, 0.1) is 16.3 Å². The van der Waals surface area contributed by atoms with Crippen LogP contribution in [-0.2, 0) is 9.59 Å². The van der Waals surface area contributed by atoms with Gasteiger partial charge in [-0.15, -0.1) is 0 Å². The summed E-state index contributed by atoms with van der Waals surface area (Å²) in [6.45, 7) is 0. The summed E-state index contributed by atoms with van der Waals surface area (Å²) in [4.78, 5) is 34.5. The number of hydrogen-bond acceptors (Lipinski definition) is 4. The lowest BCUT2D eigenvalue weighted by Crippen LogP contribution is -2.52. The average Bonchev–Trinajstić information content (AvgIpc) is 2.36. The molecule has 1 aliphatic heterocycles. The lowest BCUT2D eigenvalue weighted by Gasteiger charge is -2.22. The first-order valence-electron chi connectivity index (χ1n) is 5.67. The summed E-state index contributed by atoms with van der Waals surface area (Å²) >= 11 is 5.92. The second-order valence-electron chi connectivity index (χ2n) is 4.19. The topological polar surface area (TPSA) is 101 Å². The number of nitrogens with one attached hydrogen (secondary N) is 2. The van der Waals surface area contributed by atoms with Gasteiger partial charge in [-0.1, -0.05) is 17.7 Å². The molecule has 1 aliphatic rings. The molecule has 0 spiro atoms. The van der Waals surface area contributed by atoms with E-state index >= 15 is 0 Å². The monoisotopic (exact) mass is 281 g/mol. The number of halogens is 1. The van der Waals surface area contributed by atoms with Crippen molar-refractivity contribution in [2.75, 3.05) is 5.73 Å². The van der Waals surface area contributed by atoms with E-state index in [1.165, 1.54) is 6.07 Å². The molecule has 0 bridgehead atoms.